The van der Waals surface area contributed by atoms with Gasteiger partial charge in [-0.3, -0.25) is 4.90 Å². The van der Waals surface area contributed by atoms with Gasteiger partial charge in [0.25, 0.3) is 0 Å². The van der Waals surface area contributed by atoms with Crippen LogP contribution in [0.25, 0.3) is 0 Å². The molecular formula is C30H46N4O. The molecule has 2 amide bonds. The number of hydrogen-bond acceptors (Lipinski definition) is 3. The number of amides is 2. The van der Waals surface area contributed by atoms with E-state index in [1.807, 2.05) is 36.4 Å². The van der Waals surface area contributed by atoms with E-state index in [9.17, 15) is 4.79 Å². The first-order valence-corrected chi connectivity index (χ1v) is 13.6. The minimum atomic E-state index is -0.152. The second-order valence-electron chi connectivity index (χ2n) is 10.8. The molecule has 5 heteroatoms. The summed E-state index contributed by atoms with van der Waals surface area (Å²) >= 11 is 0. The van der Waals surface area contributed by atoms with Gasteiger partial charge >= 0.3 is 6.03 Å². The van der Waals surface area contributed by atoms with Crippen molar-refractivity contribution in [2.24, 2.45) is 5.92 Å². The SMILES string of the molecule is CC1CN(CCC2CCCN(C)CCC2)CC(C)N1C(=O)NC(c1ccccc1)c1ccccc1.[HH]. The van der Waals surface area contributed by atoms with Gasteiger partial charge in [0.05, 0.1) is 6.04 Å². The Kier molecular flexibility index (Phi) is 9.22. The summed E-state index contributed by atoms with van der Waals surface area (Å²) in [6, 6.07) is 20.8. The predicted octanol–water partition coefficient (Wildman–Crippen LogP) is 5.64. The molecule has 2 aromatic rings. The number of carbonyl (C=O) groups excluding carboxylic acids is 1. The molecule has 0 saturated carbocycles. The normalized spacial score (nSPS) is 23.1. The summed E-state index contributed by atoms with van der Waals surface area (Å²) in [6.45, 7) is 9.95. The van der Waals surface area contributed by atoms with Crippen molar-refractivity contribution in [2.75, 3.05) is 39.8 Å². The van der Waals surface area contributed by atoms with Crippen LogP contribution in [0.15, 0.2) is 60.7 Å². The number of likely N-dealkylation sites (tertiary alicyclic amines) is 1. The average molecular weight is 479 g/mol. The summed E-state index contributed by atoms with van der Waals surface area (Å²) in [4.78, 5) is 20.7. The highest BCUT2D eigenvalue weighted by Gasteiger charge is 2.34. The molecular weight excluding hydrogens is 432 g/mol. The Hall–Kier alpha value is -2.37. The summed E-state index contributed by atoms with van der Waals surface area (Å²) in [5, 5.41) is 3.36. The van der Waals surface area contributed by atoms with Gasteiger partial charge in [-0.05, 0) is 89.7 Å². The van der Waals surface area contributed by atoms with E-state index in [1.165, 1.54) is 45.2 Å². The number of piperazine rings is 1. The van der Waals surface area contributed by atoms with Crippen LogP contribution >= 0.6 is 0 Å². The van der Waals surface area contributed by atoms with Crippen molar-refractivity contribution in [3.63, 3.8) is 0 Å². The van der Waals surface area contributed by atoms with E-state index in [0.717, 1.165) is 36.7 Å². The van der Waals surface area contributed by atoms with E-state index < -0.39 is 0 Å². The quantitative estimate of drug-likeness (QED) is 0.584. The summed E-state index contributed by atoms with van der Waals surface area (Å²) in [7, 11) is 2.25. The molecule has 2 atom stereocenters. The zero-order valence-electron chi connectivity index (χ0n) is 21.9. The predicted molar refractivity (Wildman–Crippen MR) is 147 cm³/mol. The highest BCUT2D eigenvalue weighted by molar-refractivity contribution is 5.76. The van der Waals surface area contributed by atoms with Gasteiger partial charge in [0.1, 0.15) is 0 Å². The van der Waals surface area contributed by atoms with Crippen molar-refractivity contribution < 1.29 is 6.22 Å². The van der Waals surface area contributed by atoms with Gasteiger partial charge in [0, 0.05) is 26.6 Å². The third kappa shape index (κ3) is 7.08. The smallest absolute Gasteiger partial charge is 0.318 e. The molecule has 1 N–H and O–H groups in total. The van der Waals surface area contributed by atoms with E-state index in [-0.39, 0.29) is 25.6 Å². The zero-order valence-corrected chi connectivity index (χ0v) is 21.9. The minimum Gasteiger partial charge on any atom is -0.327 e. The van der Waals surface area contributed by atoms with Crippen molar-refractivity contribution in [2.45, 2.75) is 64.1 Å². The lowest BCUT2D eigenvalue weighted by Gasteiger charge is -2.45. The highest BCUT2D eigenvalue weighted by Crippen LogP contribution is 2.25. The van der Waals surface area contributed by atoms with Gasteiger partial charge in [-0.2, -0.15) is 0 Å². The molecule has 2 aliphatic heterocycles. The fourth-order valence-electron chi connectivity index (χ4n) is 6.07. The molecule has 2 aromatic carbocycles. The van der Waals surface area contributed by atoms with E-state index in [4.69, 9.17) is 0 Å². The molecule has 0 aromatic heterocycles. The fourth-order valence-corrected chi connectivity index (χ4v) is 6.07. The Labute approximate surface area is 214 Å². The van der Waals surface area contributed by atoms with Crippen molar-refractivity contribution in [1.29, 1.82) is 0 Å². The van der Waals surface area contributed by atoms with Crippen LogP contribution in [-0.2, 0) is 0 Å². The van der Waals surface area contributed by atoms with E-state index in [2.05, 4.69) is 65.2 Å². The number of nitrogens with zero attached hydrogens (tertiary/aromatic N) is 3. The van der Waals surface area contributed by atoms with Crippen molar-refractivity contribution >= 4 is 6.03 Å². The molecule has 192 valence electrons. The van der Waals surface area contributed by atoms with Crippen LogP contribution in [0.5, 0.6) is 0 Å². The summed E-state index contributed by atoms with van der Waals surface area (Å²) in [6.07, 6.45) is 6.66. The van der Waals surface area contributed by atoms with Crippen LogP contribution in [0.3, 0.4) is 0 Å². The fraction of sp³-hybridized carbons (Fsp3) is 0.567. The third-order valence-corrected chi connectivity index (χ3v) is 7.92. The molecule has 0 spiro atoms. The molecule has 35 heavy (non-hydrogen) atoms. The lowest BCUT2D eigenvalue weighted by atomic mass is 9.92. The summed E-state index contributed by atoms with van der Waals surface area (Å²) in [5.74, 6) is 0.855. The lowest BCUT2D eigenvalue weighted by molar-refractivity contribution is 0.0592. The first kappa shape index (κ1) is 25.7. The van der Waals surface area contributed by atoms with Gasteiger partial charge in [0.15, 0.2) is 0 Å². The number of nitrogens with one attached hydrogen (secondary N) is 1. The Bertz CT molecular complexity index is 850. The molecule has 4 rings (SSSR count). The van der Waals surface area contributed by atoms with E-state index in [0.29, 0.717) is 0 Å². The van der Waals surface area contributed by atoms with Gasteiger partial charge in [-0.15, -0.1) is 0 Å². The largest absolute Gasteiger partial charge is 0.327 e. The first-order valence-electron chi connectivity index (χ1n) is 13.6. The lowest BCUT2D eigenvalue weighted by Crippen LogP contribution is -2.61. The Balaban J connectivity index is 0.00000361. The van der Waals surface area contributed by atoms with Gasteiger partial charge in [0.2, 0.25) is 0 Å². The molecule has 2 heterocycles. The van der Waals surface area contributed by atoms with Crippen molar-refractivity contribution in [3.8, 4) is 0 Å². The monoisotopic (exact) mass is 478 g/mol. The van der Waals surface area contributed by atoms with Gasteiger partial charge in [-0.1, -0.05) is 60.7 Å². The Morgan fingerprint density at radius 2 is 1.43 bits per heavy atom. The Morgan fingerprint density at radius 1 is 0.914 bits per heavy atom. The molecule has 0 radical (unpaired) electrons. The van der Waals surface area contributed by atoms with Crippen LogP contribution in [0.2, 0.25) is 0 Å². The van der Waals surface area contributed by atoms with Gasteiger partial charge in [-0.25, -0.2) is 4.79 Å². The maximum atomic E-state index is 13.6. The van der Waals surface area contributed by atoms with E-state index in [1.54, 1.807) is 0 Å². The Morgan fingerprint density at radius 3 is 1.94 bits per heavy atom. The van der Waals surface area contributed by atoms with Crippen LogP contribution in [0.1, 0.15) is 64.5 Å². The second-order valence-corrected chi connectivity index (χ2v) is 10.8. The van der Waals surface area contributed by atoms with Crippen LogP contribution in [0, 0.1) is 5.92 Å². The van der Waals surface area contributed by atoms with Crippen LogP contribution in [0.4, 0.5) is 4.79 Å². The molecule has 0 bridgehead atoms. The molecule has 0 aliphatic carbocycles. The highest BCUT2D eigenvalue weighted by atomic mass is 16.2. The zero-order chi connectivity index (χ0) is 24.6. The molecule has 2 fully saturated rings. The number of rotatable bonds is 6. The van der Waals surface area contributed by atoms with E-state index >= 15 is 0 Å². The number of carbonyl (C=O) groups is 1. The molecule has 5 nitrogen and oxygen atoms in total. The number of urea groups is 1. The van der Waals surface area contributed by atoms with Crippen molar-refractivity contribution in [3.05, 3.63) is 71.8 Å². The average Bonchev–Trinajstić information content (AvgIpc) is 2.84. The topological polar surface area (TPSA) is 38.8 Å². The number of benzene rings is 2. The first-order chi connectivity index (χ1) is 17.0. The van der Waals surface area contributed by atoms with Crippen LogP contribution in [-0.4, -0.2) is 72.6 Å². The second kappa shape index (κ2) is 12.5. The van der Waals surface area contributed by atoms with Crippen LogP contribution < -0.4 is 5.32 Å². The standard InChI is InChI=1S/C30H44N4O.H2/c1-24-22-33(21-18-26-12-10-19-32(3)20-11-13-26)23-25(2)34(24)30(35)31-29(27-14-6-4-7-15-27)28-16-8-5-9-17-28;/h4-9,14-17,24-26,29H,10-13,18-23H2,1-3H3,(H,31,35);1H. The minimum absolute atomic E-state index is 0. The van der Waals surface area contributed by atoms with Gasteiger partial charge < -0.3 is 15.1 Å². The summed E-state index contributed by atoms with van der Waals surface area (Å²) in [5.41, 5.74) is 2.22. The maximum Gasteiger partial charge on any atom is 0.318 e. The summed E-state index contributed by atoms with van der Waals surface area (Å²) < 4.78 is 0. The third-order valence-electron chi connectivity index (χ3n) is 7.92. The molecule has 2 unspecified atom stereocenters. The maximum absolute atomic E-state index is 13.6. The number of hydrogen-bond donors (Lipinski definition) is 1. The van der Waals surface area contributed by atoms with Crippen molar-refractivity contribution in [1.82, 2.24) is 20.0 Å². The molecule has 2 saturated heterocycles. The molecule has 2 aliphatic rings.